The van der Waals surface area contributed by atoms with Gasteiger partial charge in [-0.05, 0) is 49.8 Å². The Balaban J connectivity index is 1.71. The van der Waals surface area contributed by atoms with E-state index in [-0.39, 0.29) is 5.91 Å². The van der Waals surface area contributed by atoms with E-state index in [0.717, 1.165) is 40.6 Å². The molecule has 134 valence electrons. The molecule has 5 heteroatoms. The van der Waals surface area contributed by atoms with Crippen LogP contribution >= 0.6 is 11.6 Å². The van der Waals surface area contributed by atoms with Crippen molar-refractivity contribution in [2.24, 2.45) is 11.8 Å². The first-order valence-electron chi connectivity index (χ1n) is 8.93. The number of hydrogen-bond acceptors (Lipinski definition) is 2. The number of piperidine rings is 1. The first-order valence-corrected chi connectivity index (χ1v) is 9.30. The highest BCUT2D eigenvalue weighted by molar-refractivity contribution is 6.31. The van der Waals surface area contributed by atoms with E-state index in [1.165, 1.54) is 6.42 Å². The van der Waals surface area contributed by atoms with Crippen LogP contribution in [0.2, 0.25) is 5.02 Å². The van der Waals surface area contributed by atoms with Gasteiger partial charge < -0.3 is 4.90 Å². The molecule has 1 aliphatic heterocycles. The van der Waals surface area contributed by atoms with Gasteiger partial charge in [0.2, 0.25) is 0 Å². The highest BCUT2D eigenvalue weighted by Gasteiger charge is 2.26. The van der Waals surface area contributed by atoms with Crippen LogP contribution in [0.3, 0.4) is 0 Å². The molecular weight excluding hydrogens is 334 g/mol. The normalized spacial score (nSPS) is 20.8. The number of aromatic nitrogens is 2. The topological polar surface area (TPSA) is 38.1 Å². The number of amides is 1. The first-order chi connectivity index (χ1) is 11.8. The molecule has 3 rings (SSSR count). The standard InChI is InChI=1S/C20H26ClN3O/c1-13-9-14(2)11-23(10-13)20(25)18-7-5-17(6-8-18)12-24-16(4)19(21)15(3)22-24/h5-8,13-14H,9-12H2,1-4H3. The van der Waals surface area contributed by atoms with Gasteiger partial charge >= 0.3 is 0 Å². The van der Waals surface area contributed by atoms with Crippen molar-refractivity contribution in [3.05, 3.63) is 51.8 Å². The van der Waals surface area contributed by atoms with Gasteiger partial charge in [0.05, 0.1) is 23.0 Å². The Kier molecular flexibility index (Phi) is 5.19. The molecule has 1 aromatic carbocycles. The number of rotatable bonds is 3. The molecule has 4 nitrogen and oxygen atoms in total. The van der Waals surface area contributed by atoms with Crippen LogP contribution < -0.4 is 0 Å². The second-order valence-corrected chi connectivity index (χ2v) is 7.87. The first kappa shape index (κ1) is 18.0. The molecule has 0 saturated carbocycles. The molecule has 1 aromatic heterocycles. The summed E-state index contributed by atoms with van der Waals surface area (Å²) in [5.74, 6) is 1.28. The van der Waals surface area contributed by atoms with E-state index in [1.54, 1.807) is 0 Å². The molecule has 25 heavy (non-hydrogen) atoms. The predicted molar refractivity (Wildman–Crippen MR) is 101 cm³/mol. The lowest BCUT2D eigenvalue weighted by Gasteiger charge is -2.35. The van der Waals surface area contributed by atoms with Gasteiger partial charge in [-0.1, -0.05) is 37.6 Å². The maximum atomic E-state index is 12.8. The van der Waals surface area contributed by atoms with E-state index >= 15 is 0 Å². The third-order valence-corrected chi connectivity index (χ3v) is 5.53. The summed E-state index contributed by atoms with van der Waals surface area (Å²) in [6.07, 6.45) is 1.20. The molecule has 1 aliphatic rings. The highest BCUT2D eigenvalue weighted by Crippen LogP contribution is 2.23. The number of halogens is 1. The van der Waals surface area contributed by atoms with Gasteiger partial charge in [-0.25, -0.2) is 0 Å². The van der Waals surface area contributed by atoms with Crippen molar-refractivity contribution in [1.29, 1.82) is 0 Å². The Morgan fingerprint density at radius 2 is 1.76 bits per heavy atom. The SMILES string of the molecule is Cc1nn(Cc2ccc(C(=O)N3CC(C)CC(C)C3)cc2)c(C)c1Cl. The fraction of sp³-hybridized carbons (Fsp3) is 0.500. The van der Waals surface area contributed by atoms with E-state index in [2.05, 4.69) is 18.9 Å². The largest absolute Gasteiger partial charge is 0.338 e. The summed E-state index contributed by atoms with van der Waals surface area (Å²) < 4.78 is 1.91. The predicted octanol–water partition coefficient (Wildman–Crippen LogP) is 4.32. The molecule has 1 amide bonds. The van der Waals surface area contributed by atoms with E-state index in [1.807, 2.05) is 47.7 Å². The van der Waals surface area contributed by atoms with Crippen molar-refractivity contribution in [3.63, 3.8) is 0 Å². The summed E-state index contributed by atoms with van der Waals surface area (Å²) in [6, 6.07) is 7.87. The zero-order chi connectivity index (χ0) is 18.1. The average molecular weight is 360 g/mol. The number of carbonyl (C=O) groups is 1. The average Bonchev–Trinajstić information content (AvgIpc) is 2.81. The summed E-state index contributed by atoms with van der Waals surface area (Å²) in [5.41, 5.74) is 3.69. The molecule has 0 spiro atoms. The van der Waals surface area contributed by atoms with E-state index < -0.39 is 0 Å². The third-order valence-electron chi connectivity index (χ3n) is 4.98. The Bertz CT molecular complexity index is 756. The fourth-order valence-corrected chi connectivity index (χ4v) is 3.90. The Morgan fingerprint density at radius 1 is 1.16 bits per heavy atom. The van der Waals surface area contributed by atoms with Gasteiger partial charge in [0.25, 0.3) is 5.91 Å². The molecule has 2 heterocycles. The van der Waals surface area contributed by atoms with E-state index in [4.69, 9.17) is 11.6 Å². The number of nitrogens with zero attached hydrogens (tertiary/aromatic N) is 3. The lowest BCUT2D eigenvalue weighted by Crippen LogP contribution is -2.42. The molecule has 2 unspecified atom stereocenters. The van der Waals surface area contributed by atoms with Crippen molar-refractivity contribution in [3.8, 4) is 0 Å². The van der Waals surface area contributed by atoms with Crippen LogP contribution in [-0.2, 0) is 6.54 Å². The van der Waals surface area contributed by atoms with Gasteiger partial charge in [0.1, 0.15) is 0 Å². The minimum Gasteiger partial charge on any atom is -0.338 e. The van der Waals surface area contributed by atoms with Crippen LogP contribution in [0.5, 0.6) is 0 Å². The van der Waals surface area contributed by atoms with Crippen LogP contribution in [0, 0.1) is 25.7 Å². The van der Waals surface area contributed by atoms with Crippen LogP contribution in [0.1, 0.15) is 47.6 Å². The molecule has 0 bridgehead atoms. The molecule has 1 fully saturated rings. The van der Waals surface area contributed by atoms with Gasteiger partial charge in [0.15, 0.2) is 0 Å². The summed E-state index contributed by atoms with van der Waals surface area (Å²) in [6.45, 7) is 10.7. The van der Waals surface area contributed by atoms with Crippen LogP contribution in [0.15, 0.2) is 24.3 Å². The van der Waals surface area contributed by atoms with Crippen LogP contribution in [0.25, 0.3) is 0 Å². The highest BCUT2D eigenvalue weighted by atomic mass is 35.5. The zero-order valence-electron chi connectivity index (χ0n) is 15.4. The fourth-order valence-electron chi connectivity index (χ4n) is 3.77. The second-order valence-electron chi connectivity index (χ2n) is 7.50. The number of carbonyl (C=O) groups excluding carboxylic acids is 1. The van der Waals surface area contributed by atoms with Gasteiger partial charge in [-0.15, -0.1) is 0 Å². The zero-order valence-corrected chi connectivity index (χ0v) is 16.2. The molecule has 0 N–H and O–H groups in total. The molecule has 0 radical (unpaired) electrons. The maximum Gasteiger partial charge on any atom is 0.253 e. The maximum absolute atomic E-state index is 12.8. The van der Waals surface area contributed by atoms with Crippen LogP contribution in [-0.4, -0.2) is 33.7 Å². The minimum atomic E-state index is 0.138. The van der Waals surface area contributed by atoms with E-state index in [0.29, 0.717) is 18.4 Å². The van der Waals surface area contributed by atoms with Gasteiger partial charge in [-0.3, -0.25) is 9.48 Å². The Hall–Kier alpha value is -1.81. The van der Waals surface area contributed by atoms with Gasteiger partial charge in [-0.2, -0.15) is 5.10 Å². The van der Waals surface area contributed by atoms with Crippen molar-refractivity contribution in [1.82, 2.24) is 14.7 Å². The van der Waals surface area contributed by atoms with Crippen molar-refractivity contribution >= 4 is 17.5 Å². The summed E-state index contributed by atoms with van der Waals surface area (Å²) in [7, 11) is 0. The van der Waals surface area contributed by atoms with Crippen molar-refractivity contribution < 1.29 is 4.79 Å². The van der Waals surface area contributed by atoms with E-state index in [9.17, 15) is 4.79 Å². The second kappa shape index (κ2) is 7.20. The summed E-state index contributed by atoms with van der Waals surface area (Å²) in [4.78, 5) is 14.7. The molecule has 0 aliphatic carbocycles. The Morgan fingerprint density at radius 3 is 2.28 bits per heavy atom. The lowest BCUT2D eigenvalue weighted by atomic mass is 9.91. The number of hydrogen-bond donors (Lipinski definition) is 0. The smallest absolute Gasteiger partial charge is 0.253 e. The quantitative estimate of drug-likeness (QED) is 0.818. The molecule has 2 aromatic rings. The minimum absolute atomic E-state index is 0.138. The van der Waals surface area contributed by atoms with Crippen LogP contribution in [0.4, 0.5) is 0 Å². The number of benzene rings is 1. The summed E-state index contributed by atoms with van der Waals surface area (Å²) in [5, 5.41) is 5.18. The molecule has 2 atom stereocenters. The van der Waals surface area contributed by atoms with Crippen molar-refractivity contribution in [2.45, 2.75) is 40.7 Å². The molecular formula is C20H26ClN3O. The molecule has 1 saturated heterocycles. The van der Waals surface area contributed by atoms with Gasteiger partial charge in [0, 0.05) is 18.7 Å². The number of aryl methyl sites for hydroxylation is 1. The number of likely N-dealkylation sites (tertiary alicyclic amines) is 1. The monoisotopic (exact) mass is 359 g/mol. The van der Waals surface area contributed by atoms with Crippen molar-refractivity contribution in [2.75, 3.05) is 13.1 Å². The lowest BCUT2D eigenvalue weighted by molar-refractivity contribution is 0.0623. The Labute approximate surface area is 154 Å². The summed E-state index contributed by atoms with van der Waals surface area (Å²) >= 11 is 6.21. The third kappa shape index (κ3) is 3.90.